The Balaban J connectivity index is 2.04. The number of hydrogen-bond donors (Lipinski definition) is 2. The Morgan fingerprint density at radius 2 is 1.94 bits per heavy atom. The minimum atomic E-state index is -0.489. The zero-order valence-corrected chi connectivity index (χ0v) is 11.4. The Hall–Kier alpha value is -0.340. The van der Waals surface area contributed by atoms with Crippen LogP contribution >= 0.6 is 0 Å². The van der Waals surface area contributed by atoms with E-state index in [-0.39, 0.29) is 12.0 Å². The second kappa shape index (κ2) is 4.40. The maximum absolute atomic E-state index is 10.8. The number of aliphatic hydroxyl groups excluding tert-OH is 1. The predicted molar refractivity (Wildman–Crippen MR) is 69.6 cm³/mol. The number of aliphatic hydroxyl groups is 2. The molecule has 2 rings (SSSR count). The van der Waals surface area contributed by atoms with Gasteiger partial charge in [-0.3, -0.25) is 0 Å². The molecule has 0 aromatic heterocycles. The number of fused-ring (bicyclic) bond motifs is 2. The van der Waals surface area contributed by atoms with E-state index in [9.17, 15) is 5.11 Å². The molecular weight excluding hydrogens is 212 g/mol. The van der Waals surface area contributed by atoms with E-state index >= 15 is 0 Å². The first-order valence-corrected chi connectivity index (χ1v) is 6.90. The third kappa shape index (κ3) is 1.96. The van der Waals surface area contributed by atoms with Gasteiger partial charge in [0.05, 0.1) is 12.2 Å². The zero-order valence-electron chi connectivity index (χ0n) is 11.4. The minimum absolute atomic E-state index is 0.0716. The molecule has 17 heavy (non-hydrogen) atoms. The highest BCUT2D eigenvalue weighted by molar-refractivity contribution is 5.12. The molecular formula is C15H26O2. The average Bonchev–Trinajstić information content (AvgIpc) is 2.82. The van der Waals surface area contributed by atoms with Crippen molar-refractivity contribution in [2.75, 3.05) is 6.61 Å². The molecule has 0 spiro atoms. The molecule has 2 bridgehead atoms. The van der Waals surface area contributed by atoms with Gasteiger partial charge >= 0.3 is 0 Å². The van der Waals surface area contributed by atoms with Gasteiger partial charge in [-0.15, -0.1) is 0 Å². The average molecular weight is 238 g/mol. The van der Waals surface area contributed by atoms with Gasteiger partial charge in [0.2, 0.25) is 0 Å². The summed E-state index contributed by atoms with van der Waals surface area (Å²) in [5, 5.41) is 19.7. The summed E-state index contributed by atoms with van der Waals surface area (Å²) in [7, 11) is 0. The van der Waals surface area contributed by atoms with Crippen molar-refractivity contribution < 1.29 is 10.2 Å². The number of allylic oxidation sites excluding steroid dienone is 1. The summed E-state index contributed by atoms with van der Waals surface area (Å²) in [4.78, 5) is 0. The molecule has 98 valence electrons. The number of hydrogen-bond acceptors (Lipinski definition) is 2. The first kappa shape index (κ1) is 13.1. The van der Waals surface area contributed by atoms with Crippen molar-refractivity contribution in [3.8, 4) is 0 Å². The van der Waals surface area contributed by atoms with E-state index in [1.165, 1.54) is 19.3 Å². The van der Waals surface area contributed by atoms with Crippen LogP contribution in [0.25, 0.3) is 0 Å². The topological polar surface area (TPSA) is 40.5 Å². The fraction of sp³-hybridized carbons (Fsp3) is 0.867. The fourth-order valence-electron chi connectivity index (χ4n) is 4.09. The lowest BCUT2D eigenvalue weighted by Crippen LogP contribution is -2.48. The highest BCUT2D eigenvalue weighted by atomic mass is 16.3. The van der Waals surface area contributed by atoms with Gasteiger partial charge in [-0.25, -0.2) is 0 Å². The smallest absolute Gasteiger partial charge is 0.0703 e. The molecule has 2 fully saturated rings. The molecule has 2 heteroatoms. The fourth-order valence-corrected chi connectivity index (χ4v) is 4.09. The van der Waals surface area contributed by atoms with Crippen LogP contribution in [0, 0.1) is 17.3 Å². The first-order chi connectivity index (χ1) is 7.91. The molecule has 2 nitrogen and oxygen atoms in total. The molecule has 0 radical (unpaired) electrons. The van der Waals surface area contributed by atoms with E-state index in [2.05, 4.69) is 13.0 Å². The molecule has 4 atom stereocenters. The van der Waals surface area contributed by atoms with E-state index in [1.807, 2.05) is 13.8 Å². The highest BCUT2D eigenvalue weighted by Crippen LogP contribution is 2.63. The van der Waals surface area contributed by atoms with Gasteiger partial charge in [0.25, 0.3) is 0 Å². The number of rotatable bonds is 4. The molecule has 0 amide bonds. The Labute approximate surface area is 105 Å². The van der Waals surface area contributed by atoms with Gasteiger partial charge in [-0.1, -0.05) is 18.6 Å². The maximum Gasteiger partial charge on any atom is 0.0703 e. The van der Waals surface area contributed by atoms with Crippen LogP contribution < -0.4 is 0 Å². The minimum Gasteiger partial charge on any atom is -0.392 e. The molecule has 0 aromatic rings. The van der Waals surface area contributed by atoms with Gasteiger partial charge in [0.15, 0.2) is 0 Å². The third-order valence-corrected chi connectivity index (χ3v) is 5.69. The summed E-state index contributed by atoms with van der Waals surface area (Å²) in [6.45, 7) is 6.42. The van der Waals surface area contributed by atoms with Crippen LogP contribution in [0.1, 0.15) is 52.9 Å². The molecule has 0 unspecified atom stereocenters. The van der Waals surface area contributed by atoms with Gasteiger partial charge in [-0.2, -0.15) is 0 Å². The molecule has 0 saturated heterocycles. The molecule has 0 aliphatic heterocycles. The molecule has 0 heterocycles. The van der Waals surface area contributed by atoms with Crippen molar-refractivity contribution in [2.45, 2.75) is 58.5 Å². The largest absolute Gasteiger partial charge is 0.392 e. The SMILES string of the molecule is CC(=CCC[C@@]1(C)[C@@H]2CC[C@@H](C2)[C@@]1(C)O)CO. The van der Waals surface area contributed by atoms with Crippen LogP contribution in [-0.2, 0) is 0 Å². The van der Waals surface area contributed by atoms with Crippen molar-refractivity contribution in [2.24, 2.45) is 17.3 Å². The zero-order chi connectivity index (χ0) is 12.7. The Morgan fingerprint density at radius 1 is 1.29 bits per heavy atom. The summed E-state index contributed by atoms with van der Waals surface area (Å²) >= 11 is 0. The summed E-state index contributed by atoms with van der Waals surface area (Å²) in [6.07, 6.45) is 7.85. The Morgan fingerprint density at radius 3 is 2.47 bits per heavy atom. The third-order valence-electron chi connectivity index (χ3n) is 5.69. The van der Waals surface area contributed by atoms with Gasteiger partial charge in [0.1, 0.15) is 0 Å². The summed E-state index contributed by atoms with van der Waals surface area (Å²) in [5.74, 6) is 1.21. The molecule has 2 aliphatic rings. The van der Waals surface area contributed by atoms with E-state index in [0.29, 0.717) is 11.8 Å². The van der Waals surface area contributed by atoms with Crippen LogP contribution in [0.3, 0.4) is 0 Å². The predicted octanol–water partition coefficient (Wildman–Crippen LogP) is 2.89. The van der Waals surface area contributed by atoms with E-state index < -0.39 is 5.60 Å². The lowest BCUT2D eigenvalue weighted by Gasteiger charge is -2.46. The van der Waals surface area contributed by atoms with Crippen molar-refractivity contribution >= 4 is 0 Å². The first-order valence-electron chi connectivity index (χ1n) is 6.90. The van der Waals surface area contributed by atoms with Crippen LogP contribution in [0.2, 0.25) is 0 Å². The Bertz CT molecular complexity index is 319. The van der Waals surface area contributed by atoms with Crippen molar-refractivity contribution in [3.05, 3.63) is 11.6 Å². The summed E-state index contributed by atoms with van der Waals surface area (Å²) in [5.41, 5.74) is 0.621. The summed E-state index contributed by atoms with van der Waals surface area (Å²) in [6, 6.07) is 0. The van der Waals surface area contributed by atoms with Crippen LogP contribution in [0.4, 0.5) is 0 Å². The summed E-state index contributed by atoms with van der Waals surface area (Å²) < 4.78 is 0. The van der Waals surface area contributed by atoms with E-state index in [1.54, 1.807) is 0 Å². The maximum atomic E-state index is 10.8. The van der Waals surface area contributed by atoms with Crippen molar-refractivity contribution in [1.29, 1.82) is 0 Å². The molecule has 2 N–H and O–H groups in total. The normalized spacial score (nSPS) is 45.6. The monoisotopic (exact) mass is 238 g/mol. The molecule has 2 aliphatic carbocycles. The van der Waals surface area contributed by atoms with Gasteiger partial charge < -0.3 is 10.2 Å². The van der Waals surface area contributed by atoms with Crippen molar-refractivity contribution in [1.82, 2.24) is 0 Å². The molecule has 2 saturated carbocycles. The van der Waals surface area contributed by atoms with E-state index in [4.69, 9.17) is 5.11 Å². The molecule has 0 aromatic carbocycles. The van der Waals surface area contributed by atoms with Gasteiger partial charge in [0, 0.05) is 0 Å². The Kier molecular flexibility index (Phi) is 3.39. The van der Waals surface area contributed by atoms with E-state index in [0.717, 1.165) is 18.4 Å². The standard InChI is InChI=1S/C15H26O2/c1-11(10-16)5-4-8-14(2)12-6-7-13(9-12)15(14,3)17/h5,12-13,16-17H,4,6-10H2,1-3H3/t12-,13+,14+,15-/m1/s1. The lowest BCUT2D eigenvalue weighted by molar-refractivity contribution is -0.104. The lowest BCUT2D eigenvalue weighted by atomic mass is 9.63. The highest BCUT2D eigenvalue weighted by Gasteiger charge is 2.61. The van der Waals surface area contributed by atoms with Crippen LogP contribution in [0.5, 0.6) is 0 Å². The van der Waals surface area contributed by atoms with Gasteiger partial charge in [-0.05, 0) is 63.2 Å². The van der Waals surface area contributed by atoms with Crippen LogP contribution in [-0.4, -0.2) is 22.4 Å². The second-order valence-corrected chi connectivity index (χ2v) is 6.52. The van der Waals surface area contributed by atoms with Crippen molar-refractivity contribution in [3.63, 3.8) is 0 Å². The second-order valence-electron chi connectivity index (χ2n) is 6.52. The van der Waals surface area contributed by atoms with Crippen LogP contribution in [0.15, 0.2) is 11.6 Å². The quantitative estimate of drug-likeness (QED) is 0.739.